The molecule has 0 bridgehead atoms. The van der Waals surface area contributed by atoms with Gasteiger partial charge in [-0.05, 0) is 55.5 Å². The number of benzene rings is 2. The first-order valence-electron chi connectivity index (χ1n) is 9.42. The molecule has 0 saturated heterocycles. The van der Waals surface area contributed by atoms with Crippen molar-refractivity contribution < 1.29 is 4.79 Å². The topological polar surface area (TPSA) is 90.5 Å². The third-order valence-corrected chi connectivity index (χ3v) is 5.53. The van der Waals surface area contributed by atoms with Gasteiger partial charge in [-0.3, -0.25) is 4.79 Å². The normalized spacial score (nSPS) is 10.9. The number of tetrazole rings is 1. The number of nitrogens with zero attached hydrogens (tertiary/aromatic N) is 6. The zero-order valence-electron chi connectivity index (χ0n) is 16.9. The van der Waals surface area contributed by atoms with Crippen LogP contribution in [0.3, 0.4) is 0 Å². The van der Waals surface area contributed by atoms with Crippen LogP contribution in [0.4, 0.5) is 5.69 Å². The molecule has 152 valence electrons. The van der Waals surface area contributed by atoms with E-state index >= 15 is 0 Å². The molecule has 0 fully saturated rings. The Kier molecular flexibility index (Phi) is 5.62. The Labute approximate surface area is 178 Å². The van der Waals surface area contributed by atoms with Crippen molar-refractivity contribution in [3.05, 3.63) is 71.5 Å². The van der Waals surface area contributed by atoms with Gasteiger partial charge in [0.15, 0.2) is 0 Å². The lowest BCUT2D eigenvalue weighted by atomic mass is 10.2. The summed E-state index contributed by atoms with van der Waals surface area (Å²) in [4.78, 5) is 12.6. The Hall–Kier alpha value is -3.46. The van der Waals surface area contributed by atoms with E-state index in [2.05, 4.69) is 25.9 Å². The Bertz CT molecular complexity index is 1170. The molecule has 1 amide bonds. The number of carbonyl (C=O) groups is 1. The number of nitrogens with one attached hydrogen (secondary N) is 1. The van der Waals surface area contributed by atoms with Crippen molar-refractivity contribution in [3.8, 4) is 11.4 Å². The van der Waals surface area contributed by atoms with Crippen LogP contribution in [0.5, 0.6) is 0 Å². The van der Waals surface area contributed by atoms with Gasteiger partial charge in [0.05, 0.1) is 34.2 Å². The Morgan fingerprint density at radius 1 is 0.967 bits per heavy atom. The minimum Gasteiger partial charge on any atom is -0.322 e. The van der Waals surface area contributed by atoms with E-state index in [9.17, 15) is 4.79 Å². The lowest BCUT2D eigenvalue weighted by molar-refractivity contribution is -0.113. The molecular weight excluding hydrogens is 398 g/mol. The van der Waals surface area contributed by atoms with Gasteiger partial charge in [-0.25, -0.2) is 4.68 Å². The molecule has 2 heterocycles. The fourth-order valence-corrected chi connectivity index (χ4v) is 3.76. The molecular formula is C21H21N7OS. The van der Waals surface area contributed by atoms with Crippen LogP contribution in [-0.4, -0.2) is 41.6 Å². The van der Waals surface area contributed by atoms with Crippen LogP contribution in [0.25, 0.3) is 11.4 Å². The molecule has 0 aliphatic carbocycles. The lowest BCUT2D eigenvalue weighted by Gasteiger charge is -2.08. The van der Waals surface area contributed by atoms with Crippen LogP contribution in [0.15, 0.2) is 59.8 Å². The van der Waals surface area contributed by atoms with Gasteiger partial charge >= 0.3 is 0 Å². The van der Waals surface area contributed by atoms with Crippen molar-refractivity contribution in [3.63, 3.8) is 0 Å². The molecule has 2 aromatic heterocycles. The fourth-order valence-electron chi connectivity index (χ4n) is 3.07. The van der Waals surface area contributed by atoms with Crippen molar-refractivity contribution in [2.75, 3.05) is 11.1 Å². The maximum Gasteiger partial charge on any atom is 0.234 e. The second-order valence-corrected chi connectivity index (χ2v) is 7.78. The molecule has 8 nitrogen and oxygen atoms in total. The van der Waals surface area contributed by atoms with Gasteiger partial charge in [0, 0.05) is 0 Å². The van der Waals surface area contributed by atoms with E-state index in [-0.39, 0.29) is 11.7 Å². The molecule has 2 aromatic carbocycles. The van der Waals surface area contributed by atoms with Gasteiger partial charge in [-0.2, -0.15) is 9.78 Å². The molecule has 4 aromatic rings. The summed E-state index contributed by atoms with van der Waals surface area (Å²) >= 11 is 1.28. The smallest absolute Gasteiger partial charge is 0.234 e. The summed E-state index contributed by atoms with van der Waals surface area (Å²) < 4.78 is 3.46. The molecule has 0 aliphatic heterocycles. The molecule has 0 radical (unpaired) electrons. The molecule has 0 spiro atoms. The largest absolute Gasteiger partial charge is 0.322 e. The van der Waals surface area contributed by atoms with E-state index < -0.39 is 0 Å². The van der Waals surface area contributed by atoms with Gasteiger partial charge in [-0.1, -0.05) is 47.7 Å². The van der Waals surface area contributed by atoms with Crippen molar-refractivity contribution in [1.29, 1.82) is 0 Å². The summed E-state index contributed by atoms with van der Waals surface area (Å²) in [5.41, 5.74) is 5.35. The molecule has 0 saturated carbocycles. The number of carbonyl (C=O) groups excluding carboxylic acids is 1. The molecule has 0 unspecified atom stereocenters. The maximum atomic E-state index is 12.6. The third kappa shape index (κ3) is 4.11. The number of aryl methyl sites for hydroxylation is 2. The van der Waals surface area contributed by atoms with Crippen LogP contribution in [0.1, 0.15) is 17.0 Å². The number of hydrogen-bond acceptors (Lipinski definition) is 6. The molecule has 9 heteroatoms. The Morgan fingerprint density at radius 2 is 1.67 bits per heavy atom. The zero-order valence-corrected chi connectivity index (χ0v) is 17.7. The second kappa shape index (κ2) is 8.50. The number of para-hydroxylation sites is 1. The molecule has 30 heavy (non-hydrogen) atoms. The molecule has 0 atom stereocenters. The highest BCUT2D eigenvalue weighted by molar-refractivity contribution is 7.99. The summed E-state index contributed by atoms with van der Waals surface area (Å²) in [6, 6.07) is 17.7. The second-order valence-electron chi connectivity index (χ2n) is 6.84. The maximum absolute atomic E-state index is 12.6. The predicted octanol–water partition coefficient (Wildman–Crippen LogP) is 3.50. The summed E-state index contributed by atoms with van der Waals surface area (Å²) in [5, 5.41) is 19.9. The number of hydrogen-bond donors (Lipinski definition) is 1. The number of rotatable bonds is 6. The summed E-state index contributed by atoms with van der Waals surface area (Å²) in [5.74, 6) is 0.0409. The average molecular weight is 420 g/mol. The third-order valence-electron chi connectivity index (χ3n) is 4.61. The van der Waals surface area contributed by atoms with E-state index in [1.54, 1.807) is 4.68 Å². The van der Waals surface area contributed by atoms with Gasteiger partial charge in [0.25, 0.3) is 0 Å². The summed E-state index contributed by atoms with van der Waals surface area (Å²) in [6.07, 6.45) is 0. The molecule has 0 aliphatic rings. The van der Waals surface area contributed by atoms with E-state index in [0.717, 1.165) is 28.5 Å². The first-order chi connectivity index (χ1) is 14.5. The first kappa shape index (κ1) is 19.8. The summed E-state index contributed by atoms with van der Waals surface area (Å²) in [6.45, 7) is 5.87. The van der Waals surface area contributed by atoms with Crippen molar-refractivity contribution in [2.24, 2.45) is 0 Å². The van der Waals surface area contributed by atoms with E-state index in [4.69, 9.17) is 0 Å². The first-order valence-corrected chi connectivity index (χ1v) is 10.4. The van der Waals surface area contributed by atoms with Gasteiger partial charge in [-0.15, -0.1) is 5.10 Å². The predicted molar refractivity (Wildman–Crippen MR) is 116 cm³/mol. The van der Waals surface area contributed by atoms with Crippen LogP contribution in [0, 0.1) is 20.8 Å². The standard InChI is InChI=1S/C21H21N7OS/c1-14-9-11-18(12-10-14)27-16(3)20(15(2)24-27)22-19(29)13-30-21-23-25-26-28(21)17-7-5-4-6-8-17/h4-12H,13H2,1-3H3,(H,22,29). The van der Waals surface area contributed by atoms with Gasteiger partial charge < -0.3 is 5.32 Å². The van der Waals surface area contributed by atoms with E-state index in [1.165, 1.54) is 17.3 Å². The fraction of sp³-hybridized carbons (Fsp3) is 0.190. The van der Waals surface area contributed by atoms with E-state index in [0.29, 0.717) is 5.16 Å². The number of aromatic nitrogens is 6. The van der Waals surface area contributed by atoms with Crippen LogP contribution in [0.2, 0.25) is 0 Å². The van der Waals surface area contributed by atoms with Crippen LogP contribution in [-0.2, 0) is 4.79 Å². The zero-order chi connectivity index (χ0) is 21.1. The van der Waals surface area contributed by atoms with Crippen molar-refractivity contribution in [1.82, 2.24) is 30.0 Å². The minimum absolute atomic E-state index is 0.141. The SMILES string of the molecule is Cc1ccc(-n2nc(C)c(NC(=O)CSc3nnnn3-c3ccccc3)c2C)cc1. The highest BCUT2D eigenvalue weighted by Crippen LogP contribution is 2.24. The average Bonchev–Trinajstić information content (AvgIpc) is 3.33. The Balaban J connectivity index is 1.46. The molecule has 4 rings (SSSR count). The minimum atomic E-state index is -0.141. The van der Waals surface area contributed by atoms with Crippen LogP contribution < -0.4 is 5.32 Å². The van der Waals surface area contributed by atoms with E-state index in [1.807, 2.05) is 80.1 Å². The number of anilines is 1. The summed E-state index contributed by atoms with van der Waals surface area (Å²) in [7, 11) is 0. The monoisotopic (exact) mass is 419 g/mol. The van der Waals surface area contributed by atoms with Crippen LogP contribution >= 0.6 is 11.8 Å². The van der Waals surface area contributed by atoms with Gasteiger partial charge in [0.2, 0.25) is 11.1 Å². The van der Waals surface area contributed by atoms with Crippen molar-refractivity contribution in [2.45, 2.75) is 25.9 Å². The lowest BCUT2D eigenvalue weighted by Crippen LogP contribution is -2.15. The molecule has 1 N–H and O–H groups in total. The Morgan fingerprint density at radius 3 is 2.40 bits per heavy atom. The number of amides is 1. The number of thioether (sulfide) groups is 1. The van der Waals surface area contributed by atoms with Crippen molar-refractivity contribution >= 4 is 23.4 Å². The highest BCUT2D eigenvalue weighted by Gasteiger charge is 2.17. The highest BCUT2D eigenvalue weighted by atomic mass is 32.2. The quantitative estimate of drug-likeness (QED) is 0.481. The van der Waals surface area contributed by atoms with Gasteiger partial charge in [0.1, 0.15) is 0 Å².